The molecule has 30 heavy (non-hydrogen) atoms. The average molecular weight is 404 g/mol. The normalized spacial score (nSPS) is 11.1. The fourth-order valence-corrected chi connectivity index (χ4v) is 3.26. The Bertz CT molecular complexity index is 1170. The molecule has 0 aliphatic heterocycles. The van der Waals surface area contributed by atoms with Crippen LogP contribution in [0, 0.1) is 6.92 Å². The van der Waals surface area contributed by atoms with Crippen molar-refractivity contribution in [3.63, 3.8) is 0 Å². The number of hydrogen-bond acceptors (Lipinski definition) is 7. The van der Waals surface area contributed by atoms with E-state index < -0.39 is 0 Å². The SMILES string of the molecule is Cc1cc(OCCOCCOc2cccc3nc(N)ccc23)c2ccc(N)nc2c1. The van der Waals surface area contributed by atoms with Gasteiger partial charge in [0.2, 0.25) is 0 Å². The van der Waals surface area contributed by atoms with Crippen LogP contribution in [0.3, 0.4) is 0 Å². The molecule has 0 fully saturated rings. The van der Waals surface area contributed by atoms with E-state index in [1.807, 2.05) is 49.4 Å². The summed E-state index contributed by atoms with van der Waals surface area (Å²) in [6.45, 7) is 3.77. The van der Waals surface area contributed by atoms with E-state index in [0.717, 1.165) is 38.9 Å². The maximum Gasteiger partial charge on any atom is 0.129 e. The van der Waals surface area contributed by atoms with Crippen LogP contribution in [0.2, 0.25) is 0 Å². The van der Waals surface area contributed by atoms with Crippen molar-refractivity contribution in [2.75, 3.05) is 37.9 Å². The fourth-order valence-electron chi connectivity index (χ4n) is 3.26. The van der Waals surface area contributed by atoms with Gasteiger partial charge >= 0.3 is 0 Å². The molecule has 4 aromatic rings. The zero-order chi connectivity index (χ0) is 20.9. The largest absolute Gasteiger partial charge is 0.490 e. The fraction of sp³-hybridized carbons (Fsp3) is 0.217. The Balaban J connectivity index is 1.25. The van der Waals surface area contributed by atoms with Gasteiger partial charge in [-0.1, -0.05) is 6.07 Å². The van der Waals surface area contributed by atoms with Gasteiger partial charge in [0, 0.05) is 10.8 Å². The highest BCUT2D eigenvalue weighted by atomic mass is 16.5. The molecule has 2 aromatic carbocycles. The first-order valence-corrected chi connectivity index (χ1v) is 9.75. The van der Waals surface area contributed by atoms with E-state index in [1.165, 1.54) is 0 Å². The van der Waals surface area contributed by atoms with Crippen LogP contribution >= 0.6 is 0 Å². The smallest absolute Gasteiger partial charge is 0.129 e. The molecule has 154 valence electrons. The number of anilines is 2. The summed E-state index contributed by atoms with van der Waals surface area (Å²) < 4.78 is 17.4. The second-order valence-corrected chi connectivity index (χ2v) is 6.93. The Morgan fingerprint density at radius 1 is 0.700 bits per heavy atom. The average Bonchev–Trinajstić information content (AvgIpc) is 2.72. The summed E-state index contributed by atoms with van der Waals surface area (Å²) in [5.41, 5.74) is 14.2. The van der Waals surface area contributed by atoms with Crippen LogP contribution in [-0.2, 0) is 4.74 Å². The quantitative estimate of drug-likeness (QED) is 0.431. The lowest BCUT2D eigenvalue weighted by Crippen LogP contribution is -2.12. The van der Waals surface area contributed by atoms with Crippen molar-refractivity contribution in [1.82, 2.24) is 9.97 Å². The highest BCUT2D eigenvalue weighted by Gasteiger charge is 2.06. The number of hydrogen-bond donors (Lipinski definition) is 2. The van der Waals surface area contributed by atoms with Crippen LogP contribution in [0.4, 0.5) is 11.6 Å². The molecule has 0 aliphatic rings. The molecule has 4 N–H and O–H groups in total. The van der Waals surface area contributed by atoms with E-state index in [4.69, 9.17) is 25.7 Å². The Labute approximate surface area is 174 Å². The Morgan fingerprint density at radius 2 is 1.33 bits per heavy atom. The number of aromatic nitrogens is 2. The topological polar surface area (TPSA) is 106 Å². The second kappa shape index (κ2) is 8.84. The standard InChI is InChI=1S/C23H24N4O3/c1-15-13-19-17(6-8-23(25)27-19)21(14-15)30-12-10-28-9-11-29-20-4-2-3-18-16(20)5-7-22(24)26-18/h2-8,13-14H,9-12H2,1H3,(H2,24,26)(H2,25,27). The van der Waals surface area contributed by atoms with Gasteiger partial charge in [-0.05, 0) is 61.0 Å². The molecule has 0 aliphatic carbocycles. The molecule has 0 saturated heterocycles. The monoisotopic (exact) mass is 404 g/mol. The van der Waals surface area contributed by atoms with Crippen molar-refractivity contribution >= 4 is 33.4 Å². The van der Waals surface area contributed by atoms with E-state index in [-0.39, 0.29) is 0 Å². The van der Waals surface area contributed by atoms with Crippen molar-refractivity contribution in [3.8, 4) is 11.5 Å². The number of pyridine rings is 2. The molecule has 0 saturated carbocycles. The molecule has 0 bridgehead atoms. The maximum atomic E-state index is 5.91. The van der Waals surface area contributed by atoms with Gasteiger partial charge < -0.3 is 25.7 Å². The summed E-state index contributed by atoms with van der Waals surface area (Å²) in [5.74, 6) is 2.52. The molecule has 7 heteroatoms. The first-order valence-electron chi connectivity index (χ1n) is 9.75. The number of aryl methyl sites for hydroxylation is 1. The number of nitrogens with two attached hydrogens (primary N) is 2. The summed E-state index contributed by atoms with van der Waals surface area (Å²) in [6.07, 6.45) is 0. The second-order valence-electron chi connectivity index (χ2n) is 6.93. The van der Waals surface area contributed by atoms with Crippen molar-refractivity contribution in [2.45, 2.75) is 6.92 Å². The summed E-state index contributed by atoms with van der Waals surface area (Å²) in [7, 11) is 0. The summed E-state index contributed by atoms with van der Waals surface area (Å²) >= 11 is 0. The molecular formula is C23H24N4O3. The van der Waals surface area contributed by atoms with Gasteiger partial charge in [-0.2, -0.15) is 0 Å². The van der Waals surface area contributed by atoms with Gasteiger partial charge in [-0.25, -0.2) is 9.97 Å². The first-order chi connectivity index (χ1) is 14.6. The minimum Gasteiger partial charge on any atom is -0.490 e. The molecule has 4 rings (SSSR count). The van der Waals surface area contributed by atoms with Crippen LogP contribution in [-0.4, -0.2) is 36.4 Å². The predicted octanol–water partition coefficient (Wildman–Crippen LogP) is 3.73. The summed E-state index contributed by atoms with van der Waals surface area (Å²) in [6, 6.07) is 17.1. The van der Waals surface area contributed by atoms with Crippen LogP contribution in [0.15, 0.2) is 54.6 Å². The lowest BCUT2D eigenvalue weighted by atomic mass is 10.1. The lowest BCUT2D eigenvalue weighted by molar-refractivity contribution is 0.0771. The Morgan fingerprint density at radius 3 is 2.07 bits per heavy atom. The maximum absolute atomic E-state index is 5.91. The first kappa shape index (κ1) is 19.7. The zero-order valence-electron chi connectivity index (χ0n) is 16.8. The summed E-state index contributed by atoms with van der Waals surface area (Å²) in [5, 5.41) is 1.86. The number of nitrogen functional groups attached to an aromatic ring is 2. The van der Waals surface area contributed by atoms with Gasteiger partial charge in [0.1, 0.15) is 36.3 Å². The molecule has 2 heterocycles. The van der Waals surface area contributed by atoms with E-state index >= 15 is 0 Å². The molecule has 2 aromatic heterocycles. The third kappa shape index (κ3) is 4.52. The van der Waals surface area contributed by atoms with Gasteiger partial charge in [0.15, 0.2) is 0 Å². The molecular weight excluding hydrogens is 380 g/mol. The number of rotatable bonds is 8. The minimum atomic E-state index is 0.431. The third-order valence-corrected chi connectivity index (χ3v) is 4.62. The van der Waals surface area contributed by atoms with Crippen LogP contribution in [0.25, 0.3) is 21.8 Å². The molecule has 0 radical (unpaired) electrons. The van der Waals surface area contributed by atoms with Crippen LogP contribution in [0.5, 0.6) is 11.5 Å². The number of benzene rings is 2. The van der Waals surface area contributed by atoms with Crippen molar-refractivity contribution in [1.29, 1.82) is 0 Å². The summed E-state index contributed by atoms with van der Waals surface area (Å²) in [4.78, 5) is 8.66. The van der Waals surface area contributed by atoms with Gasteiger partial charge in [-0.3, -0.25) is 0 Å². The number of nitrogens with zero attached hydrogens (tertiary/aromatic N) is 2. The number of ether oxygens (including phenoxy) is 3. The Kier molecular flexibility index (Phi) is 5.81. The highest BCUT2D eigenvalue weighted by molar-refractivity contribution is 5.87. The van der Waals surface area contributed by atoms with Gasteiger partial charge in [0.25, 0.3) is 0 Å². The predicted molar refractivity (Wildman–Crippen MR) is 119 cm³/mol. The van der Waals surface area contributed by atoms with Crippen molar-refractivity contribution in [3.05, 3.63) is 60.2 Å². The molecule has 7 nitrogen and oxygen atoms in total. The van der Waals surface area contributed by atoms with Crippen molar-refractivity contribution in [2.24, 2.45) is 0 Å². The molecule has 0 amide bonds. The molecule has 0 unspecified atom stereocenters. The van der Waals surface area contributed by atoms with Crippen LogP contribution < -0.4 is 20.9 Å². The third-order valence-electron chi connectivity index (χ3n) is 4.62. The lowest BCUT2D eigenvalue weighted by Gasteiger charge is -2.12. The van der Waals surface area contributed by atoms with Gasteiger partial charge in [0.05, 0.1) is 24.2 Å². The highest BCUT2D eigenvalue weighted by Crippen LogP contribution is 2.27. The van der Waals surface area contributed by atoms with E-state index in [1.54, 1.807) is 12.1 Å². The number of fused-ring (bicyclic) bond motifs is 2. The van der Waals surface area contributed by atoms with E-state index in [0.29, 0.717) is 38.1 Å². The van der Waals surface area contributed by atoms with Crippen LogP contribution in [0.1, 0.15) is 5.56 Å². The Hall–Kier alpha value is -3.58. The zero-order valence-corrected chi connectivity index (χ0v) is 16.8. The molecule has 0 spiro atoms. The van der Waals surface area contributed by atoms with Crippen molar-refractivity contribution < 1.29 is 14.2 Å². The molecule has 0 atom stereocenters. The minimum absolute atomic E-state index is 0.431. The van der Waals surface area contributed by atoms with E-state index in [2.05, 4.69) is 9.97 Å². The van der Waals surface area contributed by atoms with E-state index in [9.17, 15) is 0 Å². The van der Waals surface area contributed by atoms with Gasteiger partial charge in [-0.15, -0.1) is 0 Å².